The van der Waals surface area contributed by atoms with Crippen LogP contribution in [0.15, 0.2) is 60.7 Å². The number of fused-ring (bicyclic) bond motifs is 1. The summed E-state index contributed by atoms with van der Waals surface area (Å²) in [5.41, 5.74) is 1.95. The quantitative estimate of drug-likeness (QED) is 0.706. The highest BCUT2D eigenvalue weighted by Gasteiger charge is 2.27. The van der Waals surface area contributed by atoms with Gasteiger partial charge in [0.1, 0.15) is 11.6 Å². The Bertz CT molecular complexity index is 869. The predicted molar refractivity (Wildman–Crippen MR) is 99.3 cm³/mol. The average Bonchev–Trinajstić information content (AvgIpc) is 2.66. The summed E-state index contributed by atoms with van der Waals surface area (Å²) in [4.78, 5) is 2.41. The zero-order valence-corrected chi connectivity index (χ0v) is 14.2. The molecule has 1 fully saturated rings. The highest BCUT2D eigenvalue weighted by molar-refractivity contribution is 5.88. The summed E-state index contributed by atoms with van der Waals surface area (Å²) in [5, 5.41) is 12.9. The van der Waals surface area contributed by atoms with Crippen LogP contribution in [0.1, 0.15) is 36.4 Å². The van der Waals surface area contributed by atoms with Crippen molar-refractivity contribution in [3.8, 4) is 5.75 Å². The Morgan fingerprint density at radius 1 is 0.840 bits per heavy atom. The van der Waals surface area contributed by atoms with Crippen LogP contribution in [0.5, 0.6) is 5.75 Å². The number of halogens is 1. The summed E-state index contributed by atoms with van der Waals surface area (Å²) in [5.74, 6) is 0.0712. The van der Waals surface area contributed by atoms with Gasteiger partial charge in [-0.25, -0.2) is 4.39 Å². The first-order valence-corrected chi connectivity index (χ1v) is 8.94. The lowest BCUT2D eigenvalue weighted by atomic mass is 9.90. The number of nitrogens with zero attached hydrogens (tertiary/aromatic N) is 1. The third kappa shape index (κ3) is 3.12. The van der Waals surface area contributed by atoms with Crippen LogP contribution in [0.4, 0.5) is 4.39 Å². The summed E-state index contributed by atoms with van der Waals surface area (Å²) in [6, 6.07) is 18.5. The minimum absolute atomic E-state index is 0.0630. The number of benzene rings is 3. The summed E-state index contributed by atoms with van der Waals surface area (Å²) in [6.45, 7) is 1.98. The van der Waals surface area contributed by atoms with Gasteiger partial charge in [0.2, 0.25) is 0 Å². The van der Waals surface area contributed by atoms with Crippen molar-refractivity contribution in [1.82, 2.24) is 4.90 Å². The summed E-state index contributed by atoms with van der Waals surface area (Å²) >= 11 is 0. The Hall–Kier alpha value is -2.39. The van der Waals surface area contributed by atoms with Gasteiger partial charge >= 0.3 is 0 Å². The molecule has 0 aromatic heterocycles. The molecule has 4 rings (SSSR count). The molecule has 1 heterocycles. The maximum Gasteiger partial charge on any atom is 0.123 e. The van der Waals surface area contributed by atoms with Crippen LogP contribution in [0, 0.1) is 5.82 Å². The molecule has 3 aromatic rings. The van der Waals surface area contributed by atoms with E-state index in [-0.39, 0.29) is 11.9 Å². The van der Waals surface area contributed by atoms with Gasteiger partial charge in [-0.1, -0.05) is 48.9 Å². The molecule has 0 bridgehead atoms. The number of phenols is 1. The number of piperidine rings is 1. The summed E-state index contributed by atoms with van der Waals surface area (Å²) < 4.78 is 13.5. The Balaban J connectivity index is 1.91. The van der Waals surface area contributed by atoms with Crippen LogP contribution < -0.4 is 0 Å². The van der Waals surface area contributed by atoms with Crippen molar-refractivity contribution in [3.05, 3.63) is 77.6 Å². The predicted octanol–water partition coefficient (Wildman–Crippen LogP) is 5.26. The molecule has 0 saturated carbocycles. The van der Waals surface area contributed by atoms with Crippen molar-refractivity contribution in [3.63, 3.8) is 0 Å². The molecule has 1 atom stereocenters. The van der Waals surface area contributed by atoms with Crippen LogP contribution in [0.25, 0.3) is 10.8 Å². The van der Waals surface area contributed by atoms with Gasteiger partial charge in [-0.15, -0.1) is 0 Å². The van der Waals surface area contributed by atoms with Gasteiger partial charge in [-0.05, 0) is 60.5 Å². The van der Waals surface area contributed by atoms with Gasteiger partial charge in [0, 0.05) is 5.56 Å². The monoisotopic (exact) mass is 335 g/mol. The van der Waals surface area contributed by atoms with E-state index in [4.69, 9.17) is 0 Å². The van der Waals surface area contributed by atoms with E-state index in [9.17, 15) is 9.50 Å². The maximum atomic E-state index is 13.5. The fraction of sp³-hybridized carbons (Fsp3) is 0.273. The Kier molecular flexibility index (Phi) is 4.41. The van der Waals surface area contributed by atoms with Crippen molar-refractivity contribution in [2.24, 2.45) is 0 Å². The van der Waals surface area contributed by atoms with E-state index in [2.05, 4.69) is 17.0 Å². The summed E-state index contributed by atoms with van der Waals surface area (Å²) in [7, 11) is 0. The van der Waals surface area contributed by atoms with Crippen LogP contribution in [0.2, 0.25) is 0 Å². The van der Waals surface area contributed by atoms with E-state index in [1.54, 1.807) is 6.07 Å². The smallest absolute Gasteiger partial charge is 0.123 e. The van der Waals surface area contributed by atoms with Crippen molar-refractivity contribution < 1.29 is 9.50 Å². The minimum Gasteiger partial charge on any atom is -0.508 e. The lowest BCUT2D eigenvalue weighted by molar-refractivity contribution is 0.186. The molecule has 1 aliphatic rings. The van der Waals surface area contributed by atoms with Gasteiger partial charge in [-0.2, -0.15) is 0 Å². The first kappa shape index (κ1) is 16.1. The largest absolute Gasteiger partial charge is 0.508 e. The van der Waals surface area contributed by atoms with Crippen molar-refractivity contribution in [2.75, 3.05) is 13.1 Å². The van der Waals surface area contributed by atoms with Crippen molar-refractivity contribution >= 4 is 10.8 Å². The fourth-order valence-corrected chi connectivity index (χ4v) is 3.95. The lowest BCUT2D eigenvalue weighted by Crippen LogP contribution is -2.34. The van der Waals surface area contributed by atoms with Gasteiger partial charge in [0.15, 0.2) is 0 Å². The molecule has 0 spiro atoms. The molecular formula is C22H22FNO. The Morgan fingerprint density at radius 2 is 1.56 bits per heavy atom. The summed E-state index contributed by atoms with van der Waals surface area (Å²) in [6.07, 6.45) is 3.56. The molecule has 2 nitrogen and oxygen atoms in total. The zero-order chi connectivity index (χ0) is 17.2. The van der Waals surface area contributed by atoms with E-state index in [1.165, 1.54) is 18.6 Å². The average molecular weight is 335 g/mol. The Labute approximate surface area is 147 Å². The molecule has 0 radical (unpaired) electrons. The van der Waals surface area contributed by atoms with Gasteiger partial charge in [-0.3, -0.25) is 4.90 Å². The van der Waals surface area contributed by atoms with Gasteiger partial charge < -0.3 is 5.11 Å². The van der Waals surface area contributed by atoms with Crippen LogP contribution >= 0.6 is 0 Å². The fourth-order valence-electron chi connectivity index (χ4n) is 3.95. The van der Waals surface area contributed by atoms with Crippen LogP contribution in [-0.4, -0.2) is 23.1 Å². The molecule has 1 unspecified atom stereocenters. The Morgan fingerprint density at radius 3 is 2.32 bits per heavy atom. The molecule has 25 heavy (non-hydrogen) atoms. The highest BCUT2D eigenvalue weighted by Crippen LogP contribution is 2.40. The normalized spacial score (nSPS) is 16.8. The lowest BCUT2D eigenvalue weighted by Gasteiger charge is -2.36. The van der Waals surface area contributed by atoms with E-state index in [0.29, 0.717) is 5.75 Å². The van der Waals surface area contributed by atoms with E-state index in [0.717, 1.165) is 47.8 Å². The zero-order valence-electron chi connectivity index (χ0n) is 14.2. The number of phenolic OH excluding ortho intramolecular Hbond substituents is 1. The highest BCUT2D eigenvalue weighted by atomic mass is 19.1. The van der Waals surface area contributed by atoms with Crippen molar-refractivity contribution in [1.29, 1.82) is 0 Å². The number of hydrogen-bond acceptors (Lipinski definition) is 2. The first-order chi connectivity index (χ1) is 12.2. The molecule has 0 aliphatic carbocycles. The van der Waals surface area contributed by atoms with Gasteiger partial charge in [0.25, 0.3) is 0 Å². The molecule has 3 aromatic carbocycles. The van der Waals surface area contributed by atoms with Crippen LogP contribution in [-0.2, 0) is 0 Å². The molecule has 1 saturated heterocycles. The third-order valence-electron chi connectivity index (χ3n) is 5.16. The molecule has 128 valence electrons. The number of aromatic hydroxyl groups is 1. The molecule has 1 aliphatic heterocycles. The van der Waals surface area contributed by atoms with E-state index >= 15 is 0 Å². The maximum absolute atomic E-state index is 13.5. The second-order valence-corrected chi connectivity index (χ2v) is 6.77. The first-order valence-electron chi connectivity index (χ1n) is 8.94. The topological polar surface area (TPSA) is 23.5 Å². The van der Waals surface area contributed by atoms with E-state index < -0.39 is 0 Å². The SMILES string of the molecule is Oc1ccc2ccccc2c1C(c1ccc(F)cc1)N1CCCCC1. The number of rotatable bonds is 3. The number of likely N-dealkylation sites (tertiary alicyclic amines) is 1. The number of hydrogen-bond donors (Lipinski definition) is 1. The van der Waals surface area contributed by atoms with Gasteiger partial charge in [0.05, 0.1) is 6.04 Å². The second-order valence-electron chi connectivity index (χ2n) is 6.77. The molecule has 3 heteroatoms. The molecular weight excluding hydrogens is 313 g/mol. The third-order valence-corrected chi connectivity index (χ3v) is 5.16. The van der Waals surface area contributed by atoms with Crippen LogP contribution in [0.3, 0.4) is 0 Å². The standard InChI is InChI=1S/C22H22FNO/c23-18-11-8-17(9-12-18)22(24-14-4-1-5-15-24)21-19-7-3-2-6-16(19)10-13-20(21)25/h2-3,6-13,22,25H,1,4-5,14-15H2. The second kappa shape index (κ2) is 6.85. The minimum atomic E-state index is -0.233. The van der Waals surface area contributed by atoms with E-state index in [1.807, 2.05) is 30.3 Å². The van der Waals surface area contributed by atoms with Crippen molar-refractivity contribution in [2.45, 2.75) is 25.3 Å². The molecule has 0 amide bonds. The molecule has 1 N–H and O–H groups in total.